The average Bonchev–Trinajstić information content (AvgIpc) is 2.05. The van der Waals surface area contributed by atoms with Crippen molar-refractivity contribution in [1.82, 2.24) is 0 Å². The van der Waals surface area contributed by atoms with E-state index in [1.807, 2.05) is 0 Å². The molecule has 0 fully saturated rings. The first-order valence-corrected chi connectivity index (χ1v) is 6.34. The highest BCUT2D eigenvalue weighted by Gasteiger charge is 2.08. The Morgan fingerprint density at radius 3 is 2.31 bits per heavy atom. The summed E-state index contributed by atoms with van der Waals surface area (Å²) in [5.41, 5.74) is 5.26. The summed E-state index contributed by atoms with van der Waals surface area (Å²) in [6.07, 6.45) is 2.04. The van der Waals surface area contributed by atoms with Gasteiger partial charge in [0.1, 0.15) is 9.84 Å². The first kappa shape index (κ1) is 12.9. The first-order valence-electron chi connectivity index (χ1n) is 4.52. The second kappa shape index (κ2) is 7.29. The van der Waals surface area contributed by atoms with Crippen LogP contribution < -0.4 is 5.73 Å². The molecule has 13 heavy (non-hydrogen) atoms. The van der Waals surface area contributed by atoms with E-state index in [0.717, 1.165) is 6.42 Å². The van der Waals surface area contributed by atoms with Crippen LogP contribution >= 0.6 is 0 Å². The van der Waals surface area contributed by atoms with Crippen LogP contribution in [-0.4, -0.2) is 40.2 Å². The Labute approximate surface area is 80.4 Å². The molecule has 0 unspecified atom stereocenters. The van der Waals surface area contributed by atoms with Gasteiger partial charge >= 0.3 is 0 Å². The highest BCUT2D eigenvalue weighted by molar-refractivity contribution is 7.91. The molecule has 5 heteroatoms. The van der Waals surface area contributed by atoms with E-state index >= 15 is 0 Å². The van der Waals surface area contributed by atoms with Crippen LogP contribution in [0.3, 0.4) is 0 Å². The van der Waals surface area contributed by atoms with Crippen molar-refractivity contribution in [3.05, 3.63) is 0 Å². The molecule has 0 saturated carbocycles. The molecule has 0 aromatic rings. The molecular weight excluding hydrogens is 190 g/mol. The third kappa shape index (κ3) is 8.21. The van der Waals surface area contributed by atoms with Gasteiger partial charge in [0, 0.05) is 13.7 Å². The van der Waals surface area contributed by atoms with E-state index in [4.69, 9.17) is 10.5 Å². The number of ether oxygens (including phenoxy) is 1. The van der Waals surface area contributed by atoms with Crippen LogP contribution in [0.15, 0.2) is 0 Å². The Morgan fingerprint density at radius 2 is 1.77 bits per heavy atom. The van der Waals surface area contributed by atoms with Gasteiger partial charge in [-0.25, -0.2) is 8.42 Å². The van der Waals surface area contributed by atoms with Crippen molar-refractivity contribution in [2.24, 2.45) is 5.73 Å². The zero-order chi connectivity index (χ0) is 10.2. The van der Waals surface area contributed by atoms with E-state index in [1.165, 1.54) is 0 Å². The predicted octanol–water partition coefficient (Wildman–Crippen LogP) is 0.177. The number of nitrogens with two attached hydrogens (primary N) is 1. The molecule has 0 spiro atoms. The minimum absolute atomic E-state index is 0.228. The summed E-state index contributed by atoms with van der Waals surface area (Å²) in [6, 6.07) is 0. The second-order valence-electron chi connectivity index (χ2n) is 2.99. The van der Waals surface area contributed by atoms with E-state index in [-0.39, 0.29) is 11.5 Å². The molecule has 0 amide bonds. The van der Waals surface area contributed by atoms with Crippen LogP contribution in [0.1, 0.15) is 19.3 Å². The predicted molar refractivity (Wildman–Crippen MR) is 53.4 cm³/mol. The third-order valence-electron chi connectivity index (χ3n) is 1.71. The lowest BCUT2D eigenvalue weighted by molar-refractivity contribution is 0.199. The highest BCUT2D eigenvalue weighted by Crippen LogP contribution is 1.99. The molecule has 0 aliphatic heterocycles. The van der Waals surface area contributed by atoms with Gasteiger partial charge in [0.25, 0.3) is 0 Å². The molecule has 0 aromatic carbocycles. The van der Waals surface area contributed by atoms with E-state index in [9.17, 15) is 8.42 Å². The van der Waals surface area contributed by atoms with Crippen LogP contribution in [0, 0.1) is 0 Å². The van der Waals surface area contributed by atoms with Gasteiger partial charge in [-0.05, 0) is 25.8 Å². The molecule has 0 atom stereocenters. The van der Waals surface area contributed by atoms with E-state index in [0.29, 0.717) is 26.0 Å². The van der Waals surface area contributed by atoms with Crippen molar-refractivity contribution in [3.63, 3.8) is 0 Å². The van der Waals surface area contributed by atoms with Crippen LogP contribution in [-0.2, 0) is 14.6 Å². The van der Waals surface area contributed by atoms with Crippen LogP contribution in [0.5, 0.6) is 0 Å². The molecule has 0 heterocycles. The zero-order valence-corrected chi connectivity index (χ0v) is 8.98. The normalized spacial score (nSPS) is 11.8. The summed E-state index contributed by atoms with van der Waals surface area (Å²) < 4.78 is 27.3. The highest BCUT2D eigenvalue weighted by atomic mass is 32.2. The molecule has 0 bridgehead atoms. The van der Waals surface area contributed by atoms with Crippen molar-refractivity contribution in [2.75, 3.05) is 31.8 Å². The van der Waals surface area contributed by atoms with Gasteiger partial charge in [0.05, 0.1) is 11.5 Å². The molecule has 0 aromatic heterocycles. The lowest BCUT2D eigenvalue weighted by atomic mass is 10.3. The van der Waals surface area contributed by atoms with Gasteiger partial charge in [-0.15, -0.1) is 0 Å². The molecular formula is C8H19NO3S. The fourth-order valence-electron chi connectivity index (χ4n) is 0.992. The average molecular weight is 209 g/mol. The smallest absolute Gasteiger partial charge is 0.150 e. The van der Waals surface area contributed by atoms with E-state index < -0.39 is 9.84 Å². The minimum atomic E-state index is -2.86. The Kier molecular flexibility index (Phi) is 7.22. The monoisotopic (exact) mass is 209 g/mol. The zero-order valence-electron chi connectivity index (χ0n) is 8.16. The molecule has 0 aliphatic rings. The Balaban J connectivity index is 3.55. The van der Waals surface area contributed by atoms with Gasteiger partial charge in [0.15, 0.2) is 0 Å². The number of hydrogen-bond acceptors (Lipinski definition) is 4. The maximum Gasteiger partial charge on any atom is 0.150 e. The number of hydrogen-bond donors (Lipinski definition) is 1. The van der Waals surface area contributed by atoms with Crippen molar-refractivity contribution in [3.8, 4) is 0 Å². The number of sulfone groups is 1. The topological polar surface area (TPSA) is 69.4 Å². The van der Waals surface area contributed by atoms with E-state index in [1.54, 1.807) is 7.11 Å². The second-order valence-corrected chi connectivity index (χ2v) is 5.30. The molecule has 0 radical (unpaired) electrons. The standard InChI is InChI=1S/C8H19NO3S/c1-12-6-4-8-13(10,11)7-3-2-5-9/h2-9H2,1H3. The van der Waals surface area contributed by atoms with Crippen LogP contribution in [0.25, 0.3) is 0 Å². The van der Waals surface area contributed by atoms with Gasteiger partial charge in [0.2, 0.25) is 0 Å². The van der Waals surface area contributed by atoms with Crippen molar-refractivity contribution < 1.29 is 13.2 Å². The number of rotatable bonds is 8. The van der Waals surface area contributed by atoms with E-state index in [2.05, 4.69) is 0 Å². The molecule has 0 saturated heterocycles. The Hall–Kier alpha value is -0.130. The fourth-order valence-corrected chi connectivity index (χ4v) is 2.40. The number of methoxy groups -OCH3 is 1. The van der Waals surface area contributed by atoms with Crippen molar-refractivity contribution in [2.45, 2.75) is 19.3 Å². The summed E-state index contributed by atoms with van der Waals surface area (Å²) in [7, 11) is -1.29. The van der Waals surface area contributed by atoms with Crippen molar-refractivity contribution in [1.29, 1.82) is 0 Å². The minimum Gasteiger partial charge on any atom is -0.385 e. The SMILES string of the molecule is COCCCS(=O)(=O)CCCCN. The lowest BCUT2D eigenvalue weighted by Crippen LogP contribution is -2.13. The molecule has 2 N–H and O–H groups in total. The Morgan fingerprint density at radius 1 is 1.15 bits per heavy atom. The lowest BCUT2D eigenvalue weighted by Gasteiger charge is -2.02. The van der Waals surface area contributed by atoms with Gasteiger partial charge in [-0.2, -0.15) is 0 Å². The van der Waals surface area contributed by atoms with Crippen LogP contribution in [0.4, 0.5) is 0 Å². The van der Waals surface area contributed by atoms with Gasteiger partial charge in [-0.1, -0.05) is 0 Å². The Bertz CT molecular complexity index is 185. The quantitative estimate of drug-likeness (QED) is 0.579. The fraction of sp³-hybridized carbons (Fsp3) is 1.00. The third-order valence-corrected chi connectivity index (χ3v) is 3.53. The molecule has 80 valence electrons. The maximum atomic E-state index is 11.3. The first-order chi connectivity index (χ1) is 6.12. The summed E-state index contributed by atoms with van der Waals surface area (Å²) in [4.78, 5) is 0. The summed E-state index contributed by atoms with van der Waals surface area (Å²) in [5.74, 6) is 0.485. The maximum absolute atomic E-state index is 11.3. The molecule has 4 nitrogen and oxygen atoms in total. The van der Waals surface area contributed by atoms with Gasteiger partial charge < -0.3 is 10.5 Å². The summed E-state index contributed by atoms with van der Waals surface area (Å²) in [5, 5.41) is 0. The molecule has 0 aliphatic carbocycles. The van der Waals surface area contributed by atoms with Gasteiger partial charge in [-0.3, -0.25) is 0 Å². The summed E-state index contributed by atoms with van der Waals surface area (Å²) >= 11 is 0. The number of unbranched alkanes of at least 4 members (excludes halogenated alkanes) is 1. The summed E-state index contributed by atoms with van der Waals surface area (Å²) in [6.45, 7) is 1.07. The van der Waals surface area contributed by atoms with Crippen LogP contribution in [0.2, 0.25) is 0 Å². The molecule has 0 rings (SSSR count). The largest absolute Gasteiger partial charge is 0.385 e. The van der Waals surface area contributed by atoms with Crippen molar-refractivity contribution >= 4 is 9.84 Å².